The monoisotopic (exact) mass is 650 g/mol. The quantitative estimate of drug-likeness (QED) is 0.180. The number of aryl methyl sites for hydroxylation is 4. The van der Waals surface area contributed by atoms with E-state index in [1.807, 2.05) is 26.0 Å². The highest BCUT2D eigenvalue weighted by Crippen LogP contribution is 2.33. The van der Waals surface area contributed by atoms with Gasteiger partial charge in [-0.3, -0.25) is 9.97 Å². The number of halogens is 2. The van der Waals surface area contributed by atoms with Crippen LogP contribution >= 0.6 is 31.9 Å². The molecule has 6 heteroatoms. The summed E-state index contributed by atoms with van der Waals surface area (Å²) in [4.78, 5) is 9.43. The molecule has 0 radical (unpaired) electrons. The van der Waals surface area contributed by atoms with Crippen molar-refractivity contribution in [1.29, 1.82) is 0 Å². The molecule has 0 saturated heterocycles. The number of aromatic nitrogens is 2. The van der Waals surface area contributed by atoms with Gasteiger partial charge in [-0.25, -0.2) is 0 Å². The van der Waals surface area contributed by atoms with Crippen LogP contribution < -0.4 is 10.6 Å². The van der Waals surface area contributed by atoms with Gasteiger partial charge in [-0.2, -0.15) is 0 Å². The van der Waals surface area contributed by atoms with Crippen molar-refractivity contribution in [2.24, 2.45) is 0 Å². The number of nitrogens with one attached hydrogen (secondary N) is 2. The van der Waals surface area contributed by atoms with Crippen molar-refractivity contribution in [3.8, 4) is 0 Å². The Hall–Kier alpha value is -3.74. The van der Waals surface area contributed by atoms with E-state index in [9.17, 15) is 0 Å². The molecule has 0 unspecified atom stereocenters. The molecule has 0 saturated carbocycles. The van der Waals surface area contributed by atoms with Crippen LogP contribution in [0.4, 0.5) is 22.7 Å². The minimum atomic E-state index is 0.898. The van der Waals surface area contributed by atoms with Gasteiger partial charge in [0.25, 0.3) is 0 Å². The van der Waals surface area contributed by atoms with Crippen LogP contribution in [0.3, 0.4) is 0 Å². The molecule has 0 spiro atoms. The van der Waals surface area contributed by atoms with Crippen molar-refractivity contribution in [3.05, 3.63) is 129 Å². The Kier molecular flexibility index (Phi) is 7.55. The fourth-order valence-corrected chi connectivity index (χ4v) is 5.87. The Morgan fingerprint density at radius 1 is 0.525 bits per heavy atom. The van der Waals surface area contributed by atoms with Gasteiger partial charge < -0.3 is 10.6 Å². The molecule has 198 valence electrons. The van der Waals surface area contributed by atoms with Gasteiger partial charge in [0.2, 0.25) is 0 Å². The Bertz CT molecular complexity index is 1730. The smallest absolute Gasteiger partial charge is 0.0726 e. The minimum Gasteiger partial charge on any atom is -0.355 e. The third kappa shape index (κ3) is 5.74. The normalized spacial score (nSPS) is 11.2. The maximum absolute atomic E-state index is 4.72. The number of fused-ring (bicyclic) bond motifs is 2. The van der Waals surface area contributed by atoms with Crippen molar-refractivity contribution >= 4 is 76.4 Å². The molecule has 0 fully saturated rings. The molecule has 6 aromatic rings. The van der Waals surface area contributed by atoms with Crippen LogP contribution in [-0.4, -0.2) is 9.97 Å². The van der Waals surface area contributed by atoms with Crippen LogP contribution in [0.5, 0.6) is 0 Å². The summed E-state index contributed by atoms with van der Waals surface area (Å²) in [6, 6.07) is 33.8. The lowest BCUT2D eigenvalue weighted by atomic mass is 10.0. The van der Waals surface area contributed by atoms with E-state index in [1.165, 1.54) is 11.1 Å². The number of hydrogen-bond donors (Lipinski definition) is 2. The second-order valence-electron chi connectivity index (χ2n) is 10.0. The van der Waals surface area contributed by atoms with Crippen molar-refractivity contribution in [2.45, 2.75) is 26.7 Å². The van der Waals surface area contributed by atoms with E-state index in [2.05, 4.69) is 127 Å². The number of para-hydroxylation sites is 2. The molecule has 0 aliphatic heterocycles. The Morgan fingerprint density at radius 3 is 1.40 bits per heavy atom. The molecule has 0 aliphatic rings. The molecule has 0 atom stereocenters. The first-order valence-corrected chi connectivity index (χ1v) is 14.9. The van der Waals surface area contributed by atoms with Crippen molar-refractivity contribution in [1.82, 2.24) is 9.97 Å². The molecule has 0 amide bonds. The first-order chi connectivity index (χ1) is 19.4. The number of anilines is 4. The van der Waals surface area contributed by atoms with Gasteiger partial charge in [0.15, 0.2) is 0 Å². The van der Waals surface area contributed by atoms with Gasteiger partial charge in [-0.1, -0.05) is 68.3 Å². The summed E-state index contributed by atoms with van der Waals surface area (Å²) in [5.74, 6) is 0. The van der Waals surface area contributed by atoms with Gasteiger partial charge in [0, 0.05) is 53.9 Å². The predicted molar refractivity (Wildman–Crippen MR) is 175 cm³/mol. The van der Waals surface area contributed by atoms with E-state index >= 15 is 0 Å². The summed E-state index contributed by atoms with van der Waals surface area (Å²) in [7, 11) is 0. The molecule has 6 rings (SSSR count). The number of rotatable bonds is 7. The second kappa shape index (κ2) is 11.4. The van der Waals surface area contributed by atoms with Crippen LogP contribution in [0.15, 0.2) is 106 Å². The number of nitrogens with zero attached hydrogens (tertiary/aromatic N) is 2. The lowest BCUT2D eigenvalue weighted by Gasteiger charge is -2.17. The van der Waals surface area contributed by atoms with Crippen molar-refractivity contribution < 1.29 is 0 Å². The lowest BCUT2D eigenvalue weighted by Crippen LogP contribution is -2.02. The van der Waals surface area contributed by atoms with Crippen LogP contribution in [0.2, 0.25) is 0 Å². The third-order valence-corrected chi connectivity index (χ3v) is 8.02. The number of pyridine rings is 2. The summed E-state index contributed by atoms with van der Waals surface area (Å²) in [6.45, 7) is 4.07. The molecule has 4 nitrogen and oxygen atoms in total. The standard InChI is InChI=1S/C34H28Br2N4/c1-21-17-33(27-19-25(35)13-15-31(27)37-21)39-29-9-5-3-7-23(29)11-12-24-8-4-6-10-30(24)40-34-18-22(2)38-32-16-14-26(36)20-28(32)34/h3-10,13-20H,11-12H2,1-2H3,(H,37,39)(H,38,40). The first-order valence-electron chi connectivity index (χ1n) is 13.3. The van der Waals surface area contributed by atoms with Crippen LogP contribution in [0, 0.1) is 13.8 Å². The largest absolute Gasteiger partial charge is 0.355 e. The Balaban J connectivity index is 1.28. The van der Waals surface area contributed by atoms with Gasteiger partial charge >= 0.3 is 0 Å². The topological polar surface area (TPSA) is 49.8 Å². The van der Waals surface area contributed by atoms with E-state index in [-0.39, 0.29) is 0 Å². The molecule has 0 aliphatic carbocycles. The number of benzene rings is 4. The van der Waals surface area contributed by atoms with E-state index < -0.39 is 0 Å². The lowest BCUT2D eigenvalue weighted by molar-refractivity contribution is 0.964. The average Bonchev–Trinajstić information content (AvgIpc) is 2.94. The molecular formula is C34H28Br2N4. The van der Waals surface area contributed by atoms with E-state index in [0.29, 0.717) is 0 Å². The maximum atomic E-state index is 4.72. The molecule has 0 bridgehead atoms. The molecule has 4 aromatic carbocycles. The summed E-state index contributed by atoms with van der Waals surface area (Å²) < 4.78 is 2.08. The van der Waals surface area contributed by atoms with E-state index in [1.54, 1.807) is 0 Å². The average molecular weight is 652 g/mol. The Labute approximate surface area is 251 Å². The number of hydrogen-bond acceptors (Lipinski definition) is 4. The van der Waals surface area contributed by atoms with Crippen LogP contribution in [0.1, 0.15) is 22.5 Å². The molecule has 2 heterocycles. The summed E-state index contributed by atoms with van der Waals surface area (Å²) in [5.41, 5.74) is 10.8. The molecule has 40 heavy (non-hydrogen) atoms. The zero-order valence-electron chi connectivity index (χ0n) is 22.3. The molecule has 2 N–H and O–H groups in total. The second-order valence-corrected chi connectivity index (χ2v) is 11.8. The fraction of sp³-hybridized carbons (Fsp3) is 0.118. The van der Waals surface area contributed by atoms with Gasteiger partial charge in [0.1, 0.15) is 0 Å². The van der Waals surface area contributed by atoms with Gasteiger partial charge in [-0.05, 0) is 98.5 Å². The highest BCUT2D eigenvalue weighted by molar-refractivity contribution is 9.10. The van der Waals surface area contributed by atoms with E-state index in [0.717, 1.165) is 77.7 Å². The van der Waals surface area contributed by atoms with Crippen molar-refractivity contribution in [3.63, 3.8) is 0 Å². The zero-order chi connectivity index (χ0) is 27.6. The Morgan fingerprint density at radius 2 is 0.950 bits per heavy atom. The fourth-order valence-electron chi connectivity index (χ4n) is 5.15. The third-order valence-electron chi connectivity index (χ3n) is 7.03. The first kappa shape index (κ1) is 26.5. The van der Waals surface area contributed by atoms with Crippen LogP contribution in [0.25, 0.3) is 21.8 Å². The molecule has 2 aromatic heterocycles. The van der Waals surface area contributed by atoms with Crippen LogP contribution in [-0.2, 0) is 12.8 Å². The van der Waals surface area contributed by atoms with Gasteiger partial charge in [0.05, 0.1) is 11.0 Å². The molecular weight excluding hydrogens is 624 g/mol. The van der Waals surface area contributed by atoms with Gasteiger partial charge in [-0.15, -0.1) is 0 Å². The summed E-state index contributed by atoms with van der Waals surface area (Å²) in [6.07, 6.45) is 1.80. The van der Waals surface area contributed by atoms with Crippen molar-refractivity contribution in [2.75, 3.05) is 10.6 Å². The minimum absolute atomic E-state index is 0.898. The summed E-state index contributed by atoms with van der Waals surface area (Å²) in [5, 5.41) is 9.62. The summed E-state index contributed by atoms with van der Waals surface area (Å²) >= 11 is 7.24. The SMILES string of the molecule is Cc1cc(Nc2ccccc2CCc2ccccc2Nc2cc(C)nc3ccc(Br)cc23)c2cc(Br)ccc2n1. The predicted octanol–water partition coefficient (Wildman–Crippen LogP) is 10.2. The highest BCUT2D eigenvalue weighted by atomic mass is 79.9. The zero-order valence-corrected chi connectivity index (χ0v) is 25.5. The highest BCUT2D eigenvalue weighted by Gasteiger charge is 2.11. The van der Waals surface area contributed by atoms with E-state index in [4.69, 9.17) is 9.97 Å². The maximum Gasteiger partial charge on any atom is 0.0726 e.